The number of amides is 1. The lowest BCUT2D eigenvalue weighted by molar-refractivity contribution is -0.139. The molecule has 2 aromatic carbocycles. The molecule has 0 radical (unpaired) electrons. The summed E-state index contributed by atoms with van der Waals surface area (Å²) in [6.07, 6.45) is 8.25. The zero-order chi connectivity index (χ0) is 25.8. The van der Waals surface area contributed by atoms with E-state index in [1.165, 1.54) is 0 Å². The molecule has 2 N–H and O–H groups in total. The number of carboxylic acids is 1. The van der Waals surface area contributed by atoms with Crippen LogP contribution in [-0.2, 0) is 15.5 Å². The van der Waals surface area contributed by atoms with Gasteiger partial charge in [0.2, 0.25) is 0 Å². The van der Waals surface area contributed by atoms with Gasteiger partial charge in [0.05, 0.1) is 7.14 Å². The minimum Gasteiger partial charge on any atom is -0.480 e. The van der Waals surface area contributed by atoms with Crippen molar-refractivity contribution in [2.45, 2.75) is 65.1 Å². The van der Waals surface area contributed by atoms with Crippen LogP contribution in [0.15, 0.2) is 42.5 Å². The molecule has 0 aromatic heterocycles. The van der Waals surface area contributed by atoms with Crippen LogP contribution in [-0.4, -0.2) is 47.4 Å². The Labute approximate surface area is 214 Å². The van der Waals surface area contributed by atoms with Crippen LogP contribution in [0.5, 0.6) is 0 Å². The van der Waals surface area contributed by atoms with Crippen LogP contribution < -0.4 is 5.32 Å². The van der Waals surface area contributed by atoms with Crippen molar-refractivity contribution >= 4 is 30.8 Å². The lowest BCUT2D eigenvalue weighted by Gasteiger charge is -2.20. The lowest BCUT2D eigenvalue weighted by Crippen LogP contribution is -2.41. The summed E-state index contributed by atoms with van der Waals surface area (Å²) in [7, 11) is -2.37. The summed E-state index contributed by atoms with van der Waals surface area (Å²) < 4.78 is 13.8. The van der Waals surface area contributed by atoms with Crippen molar-refractivity contribution in [3.05, 3.63) is 59.2 Å². The van der Waals surface area contributed by atoms with Gasteiger partial charge in [-0.2, -0.15) is 11.8 Å². The molecule has 0 bridgehead atoms. The maximum Gasteiger partial charge on any atom is 0.326 e. The number of carbonyl (C=O) groups excluding carboxylic acids is 1. The Kier molecular flexibility index (Phi) is 12.1. The van der Waals surface area contributed by atoms with Crippen LogP contribution in [0.25, 0.3) is 11.1 Å². The van der Waals surface area contributed by atoms with Crippen molar-refractivity contribution in [3.63, 3.8) is 0 Å². The number of aryl methyl sites for hydroxylation is 1. The number of unbranched alkanes of at least 4 members (excludes halogenated alkanes) is 2. The Morgan fingerprint density at radius 2 is 1.69 bits per heavy atom. The first-order valence-electron chi connectivity index (χ1n) is 12.5. The van der Waals surface area contributed by atoms with Crippen LogP contribution >= 0.6 is 18.9 Å². The van der Waals surface area contributed by atoms with Gasteiger partial charge in [0.15, 0.2) is 0 Å². The van der Waals surface area contributed by atoms with E-state index in [0.717, 1.165) is 60.3 Å². The highest BCUT2D eigenvalue weighted by Gasteiger charge is 2.25. The summed E-state index contributed by atoms with van der Waals surface area (Å²) in [4.78, 5) is 25.0. The van der Waals surface area contributed by atoms with Crippen LogP contribution in [0.1, 0.15) is 67.4 Å². The minimum absolute atomic E-state index is 0.359. The topological polar surface area (TPSA) is 83.5 Å². The van der Waals surface area contributed by atoms with Gasteiger partial charge < -0.3 is 15.0 Å². The quantitative estimate of drug-likeness (QED) is 0.247. The minimum atomic E-state index is -2.37. The van der Waals surface area contributed by atoms with E-state index in [0.29, 0.717) is 23.9 Å². The Morgan fingerprint density at radius 3 is 2.26 bits per heavy atom. The lowest BCUT2D eigenvalue weighted by atomic mass is 9.94. The maximum atomic E-state index is 13.8. The van der Waals surface area contributed by atoms with E-state index >= 15 is 0 Å². The zero-order valence-corrected chi connectivity index (χ0v) is 23.2. The maximum absolute atomic E-state index is 13.8. The van der Waals surface area contributed by atoms with Gasteiger partial charge in [0.25, 0.3) is 5.91 Å². The van der Waals surface area contributed by atoms with E-state index in [2.05, 4.69) is 19.2 Å². The predicted molar refractivity (Wildman–Crippen MR) is 149 cm³/mol. The van der Waals surface area contributed by atoms with Gasteiger partial charge in [-0.1, -0.05) is 57.0 Å². The van der Waals surface area contributed by atoms with Gasteiger partial charge >= 0.3 is 5.97 Å². The summed E-state index contributed by atoms with van der Waals surface area (Å²) in [5.41, 5.74) is 4.11. The number of aliphatic carboxylic acids is 1. The molecular formula is C28H40NO4PS. The summed E-state index contributed by atoms with van der Waals surface area (Å²) in [5, 5.41) is 12.3. The SMILES string of the molecule is CCCCP(=O)(CCCC)Cc1ccc(C(=O)NC(CCSC)C(=O)O)c(-c2ccccc2C)c1. The van der Waals surface area contributed by atoms with E-state index in [4.69, 9.17) is 0 Å². The molecule has 1 atom stereocenters. The third-order valence-electron chi connectivity index (χ3n) is 6.29. The molecule has 2 rings (SSSR count). The first-order valence-corrected chi connectivity index (χ1v) is 16.2. The molecule has 5 nitrogen and oxygen atoms in total. The second-order valence-corrected chi connectivity index (χ2v) is 13.5. The van der Waals surface area contributed by atoms with E-state index in [-0.39, 0.29) is 0 Å². The average molecular weight is 518 g/mol. The standard InChI is InChI=1S/C28H40NO4PS/c1-5-7-16-34(33,17-8-6-2)20-22-13-14-24(25(19-22)23-12-10-9-11-21(23)3)27(30)29-26(28(31)32)15-18-35-4/h9-14,19,26H,5-8,15-18,20H2,1-4H3,(H,29,30)(H,31,32). The van der Waals surface area contributed by atoms with Crippen molar-refractivity contribution in [2.24, 2.45) is 0 Å². The Hall–Kier alpha value is -2.04. The molecule has 0 heterocycles. The number of benzene rings is 2. The summed E-state index contributed by atoms with van der Waals surface area (Å²) in [6, 6.07) is 12.6. The summed E-state index contributed by atoms with van der Waals surface area (Å²) >= 11 is 1.55. The van der Waals surface area contributed by atoms with Crippen LogP contribution in [0.4, 0.5) is 0 Å². The average Bonchev–Trinajstić information content (AvgIpc) is 2.84. The number of thioether (sulfide) groups is 1. The molecule has 0 aliphatic carbocycles. The zero-order valence-electron chi connectivity index (χ0n) is 21.5. The number of rotatable bonds is 15. The molecule has 7 heteroatoms. The van der Waals surface area contributed by atoms with E-state index in [9.17, 15) is 19.3 Å². The number of hydrogen-bond donors (Lipinski definition) is 2. The van der Waals surface area contributed by atoms with Crippen molar-refractivity contribution in [3.8, 4) is 11.1 Å². The fourth-order valence-corrected chi connectivity index (χ4v) is 7.87. The molecule has 0 saturated carbocycles. The second-order valence-electron chi connectivity index (χ2n) is 9.21. The monoisotopic (exact) mass is 517 g/mol. The van der Waals surface area contributed by atoms with Crippen LogP contribution in [0, 0.1) is 6.92 Å². The Balaban J connectivity index is 2.47. The highest BCUT2D eigenvalue weighted by molar-refractivity contribution is 7.98. The van der Waals surface area contributed by atoms with Crippen LogP contribution in [0.3, 0.4) is 0 Å². The Morgan fingerprint density at radius 1 is 1.03 bits per heavy atom. The van der Waals surface area contributed by atoms with Gasteiger partial charge in [-0.3, -0.25) is 4.79 Å². The molecule has 2 aromatic rings. The summed E-state index contributed by atoms with van der Waals surface area (Å²) in [6.45, 7) is 6.24. The third kappa shape index (κ3) is 8.84. The largest absolute Gasteiger partial charge is 0.480 e. The molecule has 0 spiro atoms. The van der Waals surface area contributed by atoms with Crippen molar-refractivity contribution in [1.29, 1.82) is 0 Å². The van der Waals surface area contributed by atoms with E-state index < -0.39 is 25.1 Å². The molecular weight excluding hydrogens is 477 g/mol. The first-order chi connectivity index (χ1) is 16.7. The number of nitrogens with one attached hydrogen (secondary N) is 1. The van der Waals surface area contributed by atoms with Crippen molar-refractivity contribution in [2.75, 3.05) is 24.3 Å². The normalized spacial score (nSPS) is 12.3. The van der Waals surface area contributed by atoms with Gasteiger partial charge in [0, 0.05) is 24.0 Å². The van der Waals surface area contributed by atoms with Crippen LogP contribution in [0.2, 0.25) is 0 Å². The third-order valence-corrected chi connectivity index (χ3v) is 10.1. The molecule has 35 heavy (non-hydrogen) atoms. The molecule has 1 unspecified atom stereocenters. The fourth-order valence-electron chi connectivity index (χ4n) is 4.21. The van der Waals surface area contributed by atoms with Crippen molar-refractivity contribution < 1.29 is 19.3 Å². The molecule has 192 valence electrons. The summed E-state index contributed by atoms with van der Waals surface area (Å²) in [5.74, 6) is -0.788. The van der Waals surface area contributed by atoms with E-state index in [1.807, 2.05) is 49.6 Å². The van der Waals surface area contributed by atoms with E-state index in [1.54, 1.807) is 17.8 Å². The van der Waals surface area contributed by atoms with Crippen molar-refractivity contribution in [1.82, 2.24) is 5.32 Å². The van der Waals surface area contributed by atoms with Gasteiger partial charge in [-0.05, 0) is 72.6 Å². The second kappa shape index (κ2) is 14.5. The Bertz CT molecular complexity index is 1030. The van der Waals surface area contributed by atoms with Gasteiger partial charge in [-0.15, -0.1) is 0 Å². The van der Waals surface area contributed by atoms with Gasteiger partial charge in [-0.25, -0.2) is 4.79 Å². The highest BCUT2D eigenvalue weighted by Crippen LogP contribution is 2.51. The molecule has 0 aliphatic heterocycles. The smallest absolute Gasteiger partial charge is 0.326 e. The molecule has 0 saturated heterocycles. The molecule has 1 amide bonds. The molecule has 0 aliphatic rings. The molecule has 0 fully saturated rings. The first kappa shape index (κ1) is 29.2. The highest BCUT2D eigenvalue weighted by atomic mass is 32.2. The number of carbonyl (C=O) groups is 2. The fraction of sp³-hybridized carbons (Fsp3) is 0.500. The predicted octanol–water partition coefficient (Wildman–Crippen LogP) is 7.06. The van der Waals surface area contributed by atoms with Gasteiger partial charge in [0.1, 0.15) is 6.04 Å². The number of carboxylic acid groups (broad SMARTS) is 1. The number of hydrogen-bond acceptors (Lipinski definition) is 4.